The van der Waals surface area contributed by atoms with Crippen LogP contribution in [0.4, 0.5) is 0 Å². The number of hydrogen-bond acceptors (Lipinski definition) is 5. The van der Waals surface area contributed by atoms with Gasteiger partial charge < -0.3 is 9.68 Å². The van der Waals surface area contributed by atoms with Crippen molar-refractivity contribution in [1.82, 2.24) is 4.90 Å². The fourth-order valence-electron chi connectivity index (χ4n) is 2.51. The molecule has 0 saturated carbocycles. The van der Waals surface area contributed by atoms with Gasteiger partial charge in [-0.25, -0.2) is 0 Å². The average Bonchev–Trinajstić information content (AvgIpc) is 2.76. The molecule has 0 aromatic heterocycles. The third-order valence-corrected chi connectivity index (χ3v) is 3.41. The molecule has 92 valence electrons. The highest BCUT2D eigenvalue weighted by atomic mass is 16.6. The minimum absolute atomic E-state index is 0.0349. The molecular formula is C11H16BNO4. The second kappa shape index (κ2) is 4.62. The van der Waals surface area contributed by atoms with Crippen molar-refractivity contribution in [2.24, 2.45) is 5.92 Å². The molecule has 1 N–H and O–H groups in total. The van der Waals surface area contributed by atoms with Crippen LogP contribution < -0.4 is 0 Å². The van der Waals surface area contributed by atoms with E-state index in [1.54, 1.807) is 6.92 Å². The first kappa shape index (κ1) is 12.3. The van der Waals surface area contributed by atoms with Crippen molar-refractivity contribution < 1.29 is 19.3 Å². The summed E-state index contributed by atoms with van der Waals surface area (Å²) in [4.78, 5) is 25.6. The van der Waals surface area contributed by atoms with Crippen LogP contribution >= 0.6 is 0 Å². The average molecular weight is 237 g/mol. The van der Waals surface area contributed by atoms with Gasteiger partial charge in [-0.15, -0.1) is 6.58 Å². The number of carbonyl (C=O) groups is 2. The Morgan fingerprint density at radius 3 is 3.00 bits per heavy atom. The lowest BCUT2D eigenvalue weighted by Gasteiger charge is -2.18. The molecule has 2 atom stereocenters. The molecule has 0 amide bonds. The number of rotatable bonds is 3. The van der Waals surface area contributed by atoms with Crippen LogP contribution in [0.3, 0.4) is 0 Å². The molecule has 0 radical (unpaired) electrons. The molecule has 2 aliphatic rings. The molecule has 2 heterocycles. The monoisotopic (exact) mass is 237 g/mol. The largest absolute Gasteiger partial charge is 0.556 e. The quantitative estimate of drug-likeness (QED) is 0.543. The van der Waals surface area contributed by atoms with Gasteiger partial charge in [-0.1, -0.05) is 0 Å². The fourth-order valence-corrected chi connectivity index (χ4v) is 2.51. The molecular weight excluding hydrogens is 221 g/mol. The van der Waals surface area contributed by atoms with Crippen molar-refractivity contribution >= 4 is 18.9 Å². The summed E-state index contributed by atoms with van der Waals surface area (Å²) >= 11 is 0. The van der Waals surface area contributed by atoms with Gasteiger partial charge in [-0.2, -0.15) is 0 Å². The predicted octanol–water partition coefficient (Wildman–Crippen LogP) is -0.211. The molecule has 2 rings (SSSR count). The number of Topliss-reactive ketones (excluding diaryl/α,β-unsaturated/α-hetero) is 1. The van der Waals surface area contributed by atoms with E-state index in [9.17, 15) is 14.6 Å². The summed E-state index contributed by atoms with van der Waals surface area (Å²) in [6.45, 7) is 6.25. The molecule has 17 heavy (non-hydrogen) atoms. The third kappa shape index (κ3) is 2.28. The molecule has 5 nitrogen and oxygen atoms in total. The first-order chi connectivity index (χ1) is 8.00. The van der Waals surface area contributed by atoms with Crippen LogP contribution in [0.25, 0.3) is 0 Å². The zero-order valence-corrected chi connectivity index (χ0v) is 9.89. The van der Waals surface area contributed by atoms with E-state index in [2.05, 4.69) is 6.58 Å². The molecule has 0 aromatic carbocycles. The highest BCUT2D eigenvalue weighted by molar-refractivity contribution is 6.53. The third-order valence-electron chi connectivity index (χ3n) is 3.41. The summed E-state index contributed by atoms with van der Waals surface area (Å²) in [7, 11) is -1.31. The Bertz CT molecular complexity index is 370. The van der Waals surface area contributed by atoms with Crippen molar-refractivity contribution in [3.05, 3.63) is 12.1 Å². The smallest absolute Gasteiger partial charge is 0.505 e. The van der Waals surface area contributed by atoms with Crippen LogP contribution in [0.15, 0.2) is 12.1 Å². The Morgan fingerprint density at radius 1 is 1.65 bits per heavy atom. The second-order valence-electron chi connectivity index (χ2n) is 4.76. The standard InChI is InChI=1S/C11H16BNO4/c1-7(2)12(16)17-11(15)10-8-4-3-5-13(8)6-9(10)14/h8,10,16H,1,3-6H2,2H3/t8?,10-/m0/s1. The number of hydrogen-bond donors (Lipinski definition) is 1. The second-order valence-corrected chi connectivity index (χ2v) is 4.76. The summed E-state index contributed by atoms with van der Waals surface area (Å²) < 4.78 is 4.84. The number of fused-ring (bicyclic) bond motifs is 1. The van der Waals surface area contributed by atoms with E-state index in [-0.39, 0.29) is 11.8 Å². The summed E-state index contributed by atoms with van der Waals surface area (Å²) in [5, 5.41) is 9.42. The number of nitrogens with zero attached hydrogens (tertiary/aromatic N) is 1. The molecule has 0 bridgehead atoms. The van der Waals surface area contributed by atoms with E-state index in [1.807, 2.05) is 4.90 Å². The fraction of sp³-hybridized carbons (Fsp3) is 0.636. The van der Waals surface area contributed by atoms with Crippen LogP contribution in [0.5, 0.6) is 0 Å². The summed E-state index contributed by atoms with van der Waals surface area (Å²) in [5.41, 5.74) is 0.354. The zero-order chi connectivity index (χ0) is 12.6. The lowest BCUT2D eigenvalue weighted by atomic mass is 9.81. The van der Waals surface area contributed by atoms with E-state index >= 15 is 0 Å². The molecule has 0 spiro atoms. The van der Waals surface area contributed by atoms with Crippen molar-refractivity contribution in [3.8, 4) is 0 Å². The van der Waals surface area contributed by atoms with E-state index in [1.165, 1.54) is 0 Å². The predicted molar refractivity (Wildman–Crippen MR) is 62.0 cm³/mol. The minimum Gasteiger partial charge on any atom is -0.505 e. The van der Waals surface area contributed by atoms with Crippen molar-refractivity contribution in [1.29, 1.82) is 0 Å². The maximum absolute atomic E-state index is 11.8. The van der Waals surface area contributed by atoms with Gasteiger partial charge in [0.2, 0.25) is 0 Å². The van der Waals surface area contributed by atoms with Gasteiger partial charge in [-0.3, -0.25) is 14.5 Å². The highest BCUT2D eigenvalue weighted by Gasteiger charge is 2.48. The minimum atomic E-state index is -1.31. The molecule has 6 heteroatoms. The van der Waals surface area contributed by atoms with Gasteiger partial charge in [-0.05, 0) is 31.8 Å². The molecule has 0 aromatic rings. The van der Waals surface area contributed by atoms with Crippen molar-refractivity contribution in [2.75, 3.05) is 13.1 Å². The highest BCUT2D eigenvalue weighted by Crippen LogP contribution is 2.31. The van der Waals surface area contributed by atoms with Crippen LogP contribution in [0.1, 0.15) is 19.8 Å². The van der Waals surface area contributed by atoms with Crippen LogP contribution in [-0.4, -0.2) is 47.9 Å². The van der Waals surface area contributed by atoms with Crippen molar-refractivity contribution in [3.63, 3.8) is 0 Å². The maximum atomic E-state index is 11.8. The van der Waals surface area contributed by atoms with Gasteiger partial charge in [0.25, 0.3) is 0 Å². The van der Waals surface area contributed by atoms with E-state index in [4.69, 9.17) is 4.65 Å². The summed E-state index contributed by atoms with van der Waals surface area (Å²) in [6, 6.07) is -0.0349. The molecule has 1 unspecified atom stereocenters. The lowest BCUT2D eigenvalue weighted by Crippen LogP contribution is -2.36. The Labute approximate surface area is 101 Å². The molecule has 2 fully saturated rings. The topological polar surface area (TPSA) is 66.8 Å². The first-order valence-corrected chi connectivity index (χ1v) is 5.81. The zero-order valence-electron chi connectivity index (χ0n) is 9.89. The van der Waals surface area contributed by atoms with Gasteiger partial charge >= 0.3 is 13.1 Å². The van der Waals surface area contributed by atoms with E-state index < -0.39 is 19.0 Å². The van der Waals surface area contributed by atoms with Crippen LogP contribution in [0, 0.1) is 5.92 Å². The number of ketones is 1. The van der Waals surface area contributed by atoms with E-state index in [0.29, 0.717) is 12.0 Å². The molecule has 2 aliphatic heterocycles. The number of allylic oxidation sites excluding steroid dienone is 1. The lowest BCUT2D eigenvalue weighted by molar-refractivity contribution is -0.144. The van der Waals surface area contributed by atoms with Gasteiger partial charge in [0, 0.05) is 6.04 Å². The Hall–Kier alpha value is -1.14. The van der Waals surface area contributed by atoms with Crippen molar-refractivity contribution in [2.45, 2.75) is 25.8 Å². The van der Waals surface area contributed by atoms with Gasteiger partial charge in [0.1, 0.15) is 5.92 Å². The maximum Gasteiger partial charge on any atom is 0.556 e. The first-order valence-electron chi connectivity index (χ1n) is 5.81. The Morgan fingerprint density at radius 2 is 2.35 bits per heavy atom. The Kier molecular flexibility index (Phi) is 3.35. The summed E-state index contributed by atoms with van der Waals surface area (Å²) in [5.74, 6) is -1.46. The van der Waals surface area contributed by atoms with Crippen LogP contribution in [0.2, 0.25) is 0 Å². The van der Waals surface area contributed by atoms with Crippen LogP contribution in [-0.2, 0) is 14.2 Å². The van der Waals surface area contributed by atoms with E-state index in [0.717, 1.165) is 19.4 Å². The molecule has 0 aliphatic carbocycles. The van der Waals surface area contributed by atoms with Gasteiger partial charge in [0.05, 0.1) is 6.54 Å². The SMILES string of the molecule is C=C(C)B(O)OC(=O)[C@@H]1C(=O)CN2CCCC12. The number of carbonyl (C=O) groups excluding carboxylic acids is 2. The molecule has 2 saturated heterocycles. The Balaban J connectivity index is 2.03. The summed E-state index contributed by atoms with van der Waals surface area (Å²) in [6.07, 6.45) is 1.85. The normalized spacial score (nSPS) is 28.0. The van der Waals surface area contributed by atoms with Gasteiger partial charge in [0.15, 0.2) is 5.78 Å².